The molecule has 2 N–H and O–H groups in total. The van der Waals surface area contributed by atoms with Gasteiger partial charge < -0.3 is 20.3 Å². The molecule has 0 amide bonds. The maximum absolute atomic E-state index is 5.50. The number of hydrogen-bond acceptors (Lipinski definition) is 5. The zero-order valence-electron chi connectivity index (χ0n) is 19.9. The topological polar surface area (TPSA) is 55.4 Å². The molecule has 1 atom stereocenters. The lowest BCUT2D eigenvalue weighted by Crippen LogP contribution is -2.54. The van der Waals surface area contributed by atoms with Gasteiger partial charge in [0, 0.05) is 69.6 Å². The van der Waals surface area contributed by atoms with Crippen LogP contribution in [0.5, 0.6) is 0 Å². The lowest BCUT2D eigenvalue weighted by atomic mass is 10.0. The molecule has 1 aromatic rings. The molecule has 7 nitrogen and oxygen atoms in total. The van der Waals surface area contributed by atoms with Crippen molar-refractivity contribution in [2.45, 2.75) is 39.3 Å². The molecule has 2 aliphatic rings. The molecular weight excluding hydrogens is 388 g/mol. The number of para-hydroxylation sites is 1. The summed E-state index contributed by atoms with van der Waals surface area (Å²) in [4.78, 5) is 12.5. The van der Waals surface area contributed by atoms with Gasteiger partial charge in [-0.3, -0.25) is 14.8 Å². The van der Waals surface area contributed by atoms with E-state index in [1.54, 1.807) is 0 Å². The average Bonchev–Trinajstić information content (AvgIpc) is 2.82. The van der Waals surface area contributed by atoms with Crippen LogP contribution in [0.1, 0.15) is 27.7 Å². The predicted octanol–water partition coefficient (Wildman–Crippen LogP) is 1.86. The highest BCUT2D eigenvalue weighted by Gasteiger charge is 2.28. The monoisotopic (exact) mass is 430 g/mol. The molecular formula is C24H42N6O. The third-order valence-corrected chi connectivity index (χ3v) is 6.46. The summed E-state index contributed by atoms with van der Waals surface area (Å²) in [5, 5.41) is 6.99. The van der Waals surface area contributed by atoms with Crippen molar-refractivity contribution in [1.82, 2.24) is 20.4 Å². The van der Waals surface area contributed by atoms with Crippen LogP contribution in [0.3, 0.4) is 0 Å². The van der Waals surface area contributed by atoms with Crippen LogP contribution in [-0.4, -0.2) is 99.5 Å². The first kappa shape index (κ1) is 23.8. The number of nitrogens with zero attached hydrogens (tertiary/aromatic N) is 4. The standard InChI is InChI=1S/C24H42N6O/c1-5-25-23(27-20-24(3,4)30-15-17-31-18-16-30)26-19-21(2)28-11-13-29(14-12-28)22-9-7-6-8-10-22/h6-10,21H,5,11-20H2,1-4H3,(H2,25,26,27). The molecule has 0 aromatic heterocycles. The van der Waals surface area contributed by atoms with E-state index in [1.165, 1.54) is 5.69 Å². The first-order chi connectivity index (χ1) is 15.0. The van der Waals surface area contributed by atoms with Crippen LogP contribution in [0.25, 0.3) is 0 Å². The number of rotatable bonds is 8. The molecule has 0 bridgehead atoms. The summed E-state index contributed by atoms with van der Waals surface area (Å²) in [5.41, 5.74) is 1.36. The number of morpholine rings is 1. The van der Waals surface area contributed by atoms with E-state index in [9.17, 15) is 0 Å². The fourth-order valence-corrected chi connectivity index (χ4v) is 4.32. The first-order valence-corrected chi connectivity index (χ1v) is 11.9. The number of piperazine rings is 1. The second-order valence-corrected chi connectivity index (χ2v) is 9.20. The van der Waals surface area contributed by atoms with Crippen molar-refractivity contribution in [3.05, 3.63) is 30.3 Å². The zero-order chi connectivity index (χ0) is 22.1. The Hall–Kier alpha value is -1.83. The first-order valence-electron chi connectivity index (χ1n) is 11.9. The average molecular weight is 431 g/mol. The van der Waals surface area contributed by atoms with E-state index in [-0.39, 0.29) is 5.54 Å². The SMILES string of the molecule is CCNC(=NCC(C)(C)N1CCOCC1)NCC(C)N1CCN(c2ccccc2)CC1. The fourth-order valence-electron chi connectivity index (χ4n) is 4.32. The molecule has 0 saturated carbocycles. The Balaban J connectivity index is 1.46. The number of nitrogens with one attached hydrogen (secondary N) is 2. The minimum absolute atomic E-state index is 0.0332. The highest BCUT2D eigenvalue weighted by molar-refractivity contribution is 5.79. The Morgan fingerprint density at radius 1 is 1.03 bits per heavy atom. The third kappa shape index (κ3) is 7.09. The molecule has 2 saturated heterocycles. The second kappa shape index (κ2) is 11.7. The Kier molecular flexibility index (Phi) is 8.99. The van der Waals surface area contributed by atoms with Gasteiger partial charge in [0.25, 0.3) is 0 Å². The Morgan fingerprint density at radius 3 is 2.35 bits per heavy atom. The van der Waals surface area contributed by atoms with E-state index in [2.05, 4.69) is 83.4 Å². The van der Waals surface area contributed by atoms with Crippen LogP contribution < -0.4 is 15.5 Å². The largest absolute Gasteiger partial charge is 0.379 e. The van der Waals surface area contributed by atoms with E-state index < -0.39 is 0 Å². The van der Waals surface area contributed by atoms with Gasteiger partial charge in [-0.1, -0.05) is 18.2 Å². The smallest absolute Gasteiger partial charge is 0.191 e. The summed E-state index contributed by atoms with van der Waals surface area (Å²) >= 11 is 0. The van der Waals surface area contributed by atoms with Gasteiger partial charge >= 0.3 is 0 Å². The normalized spacial score (nSPS) is 20.5. The molecule has 2 aliphatic heterocycles. The highest BCUT2D eigenvalue weighted by atomic mass is 16.5. The molecule has 1 aromatic carbocycles. The lowest BCUT2D eigenvalue weighted by Gasteiger charge is -2.40. The number of aliphatic imine (C=N–C) groups is 1. The summed E-state index contributed by atoms with van der Waals surface area (Å²) in [6, 6.07) is 11.2. The number of hydrogen-bond donors (Lipinski definition) is 2. The van der Waals surface area contributed by atoms with E-state index in [0.717, 1.165) is 78.1 Å². The van der Waals surface area contributed by atoms with Crippen molar-refractivity contribution in [1.29, 1.82) is 0 Å². The molecule has 31 heavy (non-hydrogen) atoms. The Morgan fingerprint density at radius 2 is 1.71 bits per heavy atom. The van der Waals surface area contributed by atoms with Gasteiger partial charge in [0.15, 0.2) is 5.96 Å². The fraction of sp³-hybridized carbons (Fsp3) is 0.708. The van der Waals surface area contributed by atoms with Gasteiger partial charge in [-0.15, -0.1) is 0 Å². The van der Waals surface area contributed by atoms with E-state index in [1.807, 2.05) is 0 Å². The van der Waals surface area contributed by atoms with Crippen LogP contribution in [-0.2, 0) is 4.74 Å². The lowest BCUT2D eigenvalue weighted by molar-refractivity contribution is -0.00684. The van der Waals surface area contributed by atoms with Gasteiger partial charge in [-0.2, -0.15) is 0 Å². The van der Waals surface area contributed by atoms with Crippen LogP contribution in [0, 0.1) is 0 Å². The molecule has 0 spiro atoms. The highest BCUT2D eigenvalue weighted by Crippen LogP contribution is 2.17. The van der Waals surface area contributed by atoms with Gasteiger partial charge in [0.2, 0.25) is 0 Å². The Bertz CT molecular complexity index is 666. The minimum Gasteiger partial charge on any atom is -0.379 e. The quantitative estimate of drug-likeness (QED) is 0.485. The van der Waals surface area contributed by atoms with Crippen molar-refractivity contribution in [2.75, 3.05) is 77.0 Å². The molecule has 1 unspecified atom stereocenters. The Labute approximate surface area is 188 Å². The van der Waals surface area contributed by atoms with E-state index in [0.29, 0.717) is 6.04 Å². The van der Waals surface area contributed by atoms with Crippen molar-refractivity contribution < 1.29 is 4.74 Å². The van der Waals surface area contributed by atoms with Gasteiger partial charge in [0.1, 0.15) is 0 Å². The van der Waals surface area contributed by atoms with E-state index in [4.69, 9.17) is 9.73 Å². The van der Waals surface area contributed by atoms with Crippen LogP contribution >= 0.6 is 0 Å². The summed E-state index contributed by atoms with van der Waals surface area (Å²) in [7, 11) is 0. The van der Waals surface area contributed by atoms with Crippen LogP contribution in [0.15, 0.2) is 35.3 Å². The summed E-state index contributed by atoms with van der Waals surface area (Å²) in [6.45, 7) is 19.5. The maximum Gasteiger partial charge on any atom is 0.191 e. The summed E-state index contributed by atoms with van der Waals surface area (Å²) < 4.78 is 5.50. The molecule has 7 heteroatoms. The molecule has 174 valence electrons. The van der Waals surface area contributed by atoms with Crippen LogP contribution in [0.2, 0.25) is 0 Å². The number of anilines is 1. The minimum atomic E-state index is 0.0332. The molecule has 3 rings (SSSR count). The maximum atomic E-state index is 5.50. The number of ether oxygens (including phenoxy) is 1. The van der Waals surface area contributed by atoms with Crippen molar-refractivity contribution in [3.63, 3.8) is 0 Å². The molecule has 0 aliphatic carbocycles. The second-order valence-electron chi connectivity index (χ2n) is 9.20. The van der Waals surface area contributed by atoms with E-state index >= 15 is 0 Å². The van der Waals surface area contributed by atoms with Crippen LogP contribution in [0.4, 0.5) is 5.69 Å². The van der Waals surface area contributed by atoms with Gasteiger partial charge in [0.05, 0.1) is 19.8 Å². The number of guanidine groups is 1. The molecule has 0 radical (unpaired) electrons. The summed E-state index contributed by atoms with van der Waals surface area (Å²) in [6.07, 6.45) is 0. The van der Waals surface area contributed by atoms with Gasteiger partial charge in [-0.05, 0) is 39.8 Å². The molecule has 2 fully saturated rings. The zero-order valence-corrected chi connectivity index (χ0v) is 19.9. The predicted molar refractivity (Wildman–Crippen MR) is 130 cm³/mol. The van der Waals surface area contributed by atoms with Crippen molar-refractivity contribution in [3.8, 4) is 0 Å². The van der Waals surface area contributed by atoms with Gasteiger partial charge in [-0.25, -0.2) is 0 Å². The third-order valence-electron chi connectivity index (χ3n) is 6.46. The number of benzene rings is 1. The summed E-state index contributed by atoms with van der Waals surface area (Å²) in [5.74, 6) is 0.915. The van der Waals surface area contributed by atoms with Crippen molar-refractivity contribution >= 4 is 11.6 Å². The molecule has 2 heterocycles. The van der Waals surface area contributed by atoms with Crippen molar-refractivity contribution in [2.24, 2.45) is 4.99 Å².